The molecule has 0 aliphatic rings. The molecule has 1 rings (SSSR count). The van der Waals surface area contributed by atoms with Crippen LogP contribution in [0.2, 0.25) is 0 Å². The molecule has 3 nitrogen and oxygen atoms in total. The number of hydrogen-bond donors (Lipinski definition) is 0. The van der Waals surface area contributed by atoms with Crippen molar-refractivity contribution in [2.75, 3.05) is 19.8 Å². The van der Waals surface area contributed by atoms with Crippen molar-refractivity contribution in [1.29, 1.82) is 0 Å². The Hall–Kier alpha value is -1.35. The lowest BCUT2D eigenvalue weighted by atomic mass is 10.1. The van der Waals surface area contributed by atoms with E-state index in [1.807, 2.05) is 24.3 Å². The SMILES string of the molecule is CCCCOCCOc1ccc(CC(C)=O)cc1. The van der Waals surface area contributed by atoms with E-state index in [1.165, 1.54) is 0 Å². The summed E-state index contributed by atoms with van der Waals surface area (Å²) >= 11 is 0. The van der Waals surface area contributed by atoms with Crippen molar-refractivity contribution in [3.05, 3.63) is 29.8 Å². The first-order valence-corrected chi connectivity index (χ1v) is 6.51. The molecule has 0 fully saturated rings. The van der Waals surface area contributed by atoms with E-state index in [0.717, 1.165) is 30.8 Å². The molecular formula is C15H22O3. The van der Waals surface area contributed by atoms with Crippen molar-refractivity contribution >= 4 is 5.78 Å². The van der Waals surface area contributed by atoms with Gasteiger partial charge < -0.3 is 9.47 Å². The summed E-state index contributed by atoms with van der Waals surface area (Å²) in [6, 6.07) is 7.64. The Morgan fingerprint density at radius 2 is 1.83 bits per heavy atom. The fourth-order valence-electron chi connectivity index (χ4n) is 1.56. The van der Waals surface area contributed by atoms with Gasteiger partial charge in [0.05, 0.1) is 6.61 Å². The molecule has 0 amide bonds. The van der Waals surface area contributed by atoms with Crippen LogP contribution in [0.5, 0.6) is 5.75 Å². The first-order chi connectivity index (χ1) is 8.72. The van der Waals surface area contributed by atoms with Gasteiger partial charge in [-0.3, -0.25) is 4.79 Å². The van der Waals surface area contributed by atoms with Gasteiger partial charge in [-0.15, -0.1) is 0 Å². The van der Waals surface area contributed by atoms with Crippen LogP contribution in [0.4, 0.5) is 0 Å². The zero-order valence-electron chi connectivity index (χ0n) is 11.3. The number of ketones is 1. The summed E-state index contributed by atoms with van der Waals surface area (Å²) in [6.07, 6.45) is 2.73. The van der Waals surface area contributed by atoms with Crippen LogP contribution < -0.4 is 4.74 Å². The molecule has 0 aliphatic heterocycles. The van der Waals surface area contributed by atoms with Gasteiger partial charge in [0.25, 0.3) is 0 Å². The molecule has 0 radical (unpaired) electrons. The Balaban J connectivity index is 2.20. The molecule has 1 aromatic carbocycles. The van der Waals surface area contributed by atoms with Gasteiger partial charge in [0.15, 0.2) is 0 Å². The van der Waals surface area contributed by atoms with Crippen LogP contribution in [0.1, 0.15) is 32.3 Å². The van der Waals surface area contributed by atoms with E-state index in [2.05, 4.69) is 6.92 Å². The predicted octanol–water partition coefficient (Wildman–Crippen LogP) is 3.01. The molecule has 0 unspecified atom stereocenters. The summed E-state index contributed by atoms with van der Waals surface area (Å²) in [5, 5.41) is 0. The fourth-order valence-corrected chi connectivity index (χ4v) is 1.56. The highest BCUT2D eigenvalue weighted by Crippen LogP contribution is 2.12. The summed E-state index contributed by atoms with van der Waals surface area (Å²) in [4.78, 5) is 10.9. The Labute approximate surface area is 109 Å². The number of carbonyl (C=O) groups excluding carboxylic acids is 1. The zero-order valence-corrected chi connectivity index (χ0v) is 11.3. The van der Waals surface area contributed by atoms with Crippen molar-refractivity contribution in [3.8, 4) is 5.75 Å². The van der Waals surface area contributed by atoms with Crippen LogP contribution in [0.3, 0.4) is 0 Å². The first-order valence-electron chi connectivity index (χ1n) is 6.51. The average Bonchev–Trinajstić information content (AvgIpc) is 2.35. The van der Waals surface area contributed by atoms with E-state index in [9.17, 15) is 4.79 Å². The summed E-state index contributed by atoms with van der Waals surface area (Å²) in [6.45, 7) is 5.73. The van der Waals surface area contributed by atoms with Crippen LogP contribution in [0, 0.1) is 0 Å². The Kier molecular flexibility index (Phi) is 7.11. The molecule has 1 aromatic rings. The highest BCUT2D eigenvalue weighted by Gasteiger charge is 1.98. The second kappa shape index (κ2) is 8.70. The highest BCUT2D eigenvalue weighted by molar-refractivity contribution is 5.78. The lowest BCUT2D eigenvalue weighted by Gasteiger charge is -2.07. The summed E-state index contributed by atoms with van der Waals surface area (Å²) in [7, 11) is 0. The van der Waals surface area contributed by atoms with Gasteiger partial charge in [0, 0.05) is 13.0 Å². The number of benzene rings is 1. The second-order valence-corrected chi connectivity index (χ2v) is 4.34. The van der Waals surface area contributed by atoms with Crippen LogP contribution >= 0.6 is 0 Å². The summed E-state index contributed by atoms with van der Waals surface area (Å²) < 4.78 is 10.9. The van der Waals surface area contributed by atoms with Crippen LogP contribution in [-0.2, 0) is 16.0 Å². The molecular weight excluding hydrogens is 228 g/mol. The van der Waals surface area contributed by atoms with Gasteiger partial charge in [0.2, 0.25) is 0 Å². The minimum Gasteiger partial charge on any atom is -0.491 e. The minimum absolute atomic E-state index is 0.174. The normalized spacial score (nSPS) is 10.3. The van der Waals surface area contributed by atoms with Crippen molar-refractivity contribution < 1.29 is 14.3 Å². The van der Waals surface area contributed by atoms with E-state index in [1.54, 1.807) is 6.92 Å². The minimum atomic E-state index is 0.174. The van der Waals surface area contributed by atoms with E-state index >= 15 is 0 Å². The monoisotopic (exact) mass is 250 g/mol. The molecule has 3 heteroatoms. The van der Waals surface area contributed by atoms with Gasteiger partial charge >= 0.3 is 0 Å². The first kappa shape index (κ1) is 14.7. The number of Topliss-reactive ketones (excluding diaryl/α,β-unsaturated/α-hetero) is 1. The molecule has 0 bridgehead atoms. The predicted molar refractivity (Wildman–Crippen MR) is 72.0 cm³/mol. The van der Waals surface area contributed by atoms with E-state index in [0.29, 0.717) is 19.6 Å². The van der Waals surface area contributed by atoms with E-state index < -0.39 is 0 Å². The molecule has 0 heterocycles. The van der Waals surface area contributed by atoms with Gasteiger partial charge in [-0.1, -0.05) is 25.5 Å². The fraction of sp³-hybridized carbons (Fsp3) is 0.533. The van der Waals surface area contributed by atoms with Crippen molar-refractivity contribution in [2.24, 2.45) is 0 Å². The molecule has 0 aromatic heterocycles. The topological polar surface area (TPSA) is 35.5 Å². The number of hydrogen-bond acceptors (Lipinski definition) is 3. The van der Waals surface area contributed by atoms with E-state index in [-0.39, 0.29) is 5.78 Å². The maximum absolute atomic E-state index is 10.9. The lowest BCUT2D eigenvalue weighted by molar-refractivity contribution is -0.116. The van der Waals surface area contributed by atoms with Gasteiger partial charge in [-0.2, -0.15) is 0 Å². The number of carbonyl (C=O) groups is 1. The molecule has 0 saturated heterocycles. The molecule has 0 spiro atoms. The van der Waals surface area contributed by atoms with Crippen molar-refractivity contribution in [1.82, 2.24) is 0 Å². The van der Waals surface area contributed by atoms with Gasteiger partial charge in [-0.05, 0) is 31.0 Å². The number of rotatable bonds is 9. The average molecular weight is 250 g/mol. The molecule has 0 N–H and O–H groups in total. The number of unbranched alkanes of at least 4 members (excludes halogenated alkanes) is 1. The largest absolute Gasteiger partial charge is 0.491 e. The Bertz CT molecular complexity index is 343. The molecule has 18 heavy (non-hydrogen) atoms. The van der Waals surface area contributed by atoms with Crippen molar-refractivity contribution in [3.63, 3.8) is 0 Å². The Morgan fingerprint density at radius 3 is 2.44 bits per heavy atom. The molecule has 100 valence electrons. The zero-order chi connectivity index (χ0) is 13.2. The summed E-state index contributed by atoms with van der Waals surface area (Å²) in [5.41, 5.74) is 1.02. The second-order valence-electron chi connectivity index (χ2n) is 4.34. The van der Waals surface area contributed by atoms with Crippen LogP contribution in [0.15, 0.2) is 24.3 Å². The maximum atomic E-state index is 10.9. The number of ether oxygens (including phenoxy) is 2. The van der Waals surface area contributed by atoms with Gasteiger partial charge in [0.1, 0.15) is 18.1 Å². The molecule has 0 aliphatic carbocycles. The Morgan fingerprint density at radius 1 is 1.11 bits per heavy atom. The van der Waals surface area contributed by atoms with Crippen LogP contribution in [0.25, 0.3) is 0 Å². The van der Waals surface area contributed by atoms with Crippen molar-refractivity contribution in [2.45, 2.75) is 33.1 Å². The maximum Gasteiger partial charge on any atom is 0.134 e. The third-order valence-electron chi connectivity index (χ3n) is 2.52. The quantitative estimate of drug-likeness (QED) is 0.632. The molecule has 0 atom stereocenters. The lowest BCUT2D eigenvalue weighted by Crippen LogP contribution is -2.07. The van der Waals surface area contributed by atoms with E-state index in [4.69, 9.17) is 9.47 Å². The standard InChI is InChI=1S/C15H22O3/c1-3-4-9-17-10-11-18-15-7-5-14(6-8-15)12-13(2)16/h5-8H,3-4,9-12H2,1-2H3. The third kappa shape index (κ3) is 6.40. The van der Waals surface area contributed by atoms with Gasteiger partial charge in [-0.25, -0.2) is 0 Å². The molecule has 0 saturated carbocycles. The van der Waals surface area contributed by atoms with Crippen LogP contribution in [-0.4, -0.2) is 25.6 Å². The summed E-state index contributed by atoms with van der Waals surface area (Å²) in [5.74, 6) is 0.995. The highest BCUT2D eigenvalue weighted by atomic mass is 16.5. The smallest absolute Gasteiger partial charge is 0.134 e. The third-order valence-corrected chi connectivity index (χ3v) is 2.52.